The van der Waals surface area contributed by atoms with Crippen molar-refractivity contribution in [3.8, 4) is 0 Å². The fraction of sp³-hybridized carbons (Fsp3) is 0.263. The standard InChI is InChI=1S/C19H19F2NO3S/c1-12(2)13-3-5-14(6-4-13)18(24)25-11-17(23)22-15-7-9-16(10-8-15)26-19(20)21/h3-10,12,19H,11H2,1-2H3,(H,22,23). The molecule has 2 aromatic carbocycles. The van der Waals surface area contributed by atoms with Crippen molar-refractivity contribution < 1.29 is 23.1 Å². The van der Waals surface area contributed by atoms with E-state index in [9.17, 15) is 18.4 Å². The quantitative estimate of drug-likeness (QED) is 0.548. The first-order chi connectivity index (χ1) is 12.3. The van der Waals surface area contributed by atoms with Crippen molar-refractivity contribution >= 4 is 29.3 Å². The van der Waals surface area contributed by atoms with Gasteiger partial charge in [-0.2, -0.15) is 8.78 Å². The first kappa shape index (κ1) is 19.9. The molecule has 0 fully saturated rings. The molecule has 0 aliphatic rings. The van der Waals surface area contributed by atoms with Gasteiger partial charge in [-0.1, -0.05) is 37.7 Å². The summed E-state index contributed by atoms with van der Waals surface area (Å²) in [7, 11) is 0. The predicted octanol–water partition coefficient (Wildman–Crippen LogP) is 4.92. The number of thioether (sulfide) groups is 1. The summed E-state index contributed by atoms with van der Waals surface area (Å²) >= 11 is 0.425. The minimum atomic E-state index is -2.50. The minimum Gasteiger partial charge on any atom is -0.452 e. The molecule has 0 radical (unpaired) electrons. The van der Waals surface area contributed by atoms with Crippen LogP contribution in [0.1, 0.15) is 35.7 Å². The Balaban J connectivity index is 1.83. The Labute approximate surface area is 154 Å². The lowest BCUT2D eigenvalue weighted by Gasteiger charge is -2.09. The number of ether oxygens (including phenoxy) is 1. The Morgan fingerprint density at radius 1 is 1.04 bits per heavy atom. The number of carbonyl (C=O) groups is 2. The number of anilines is 1. The summed E-state index contributed by atoms with van der Waals surface area (Å²) in [6, 6.07) is 13.0. The Kier molecular flexibility index (Phi) is 7.15. The maximum absolute atomic E-state index is 12.3. The molecule has 0 saturated heterocycles. The second-order valence-electron chi connectivity index (χ2n) is 5.80. The molecule has 1 N–H and O–H groups in total. The summed E-state index contributed by atoms with van der Waals surface area (Å²) in [5.74, 6) is -3.23. The van der Waals surface area contributed by atoms with E-state index >= 15 is 0 Å². The Bertz CT molecular complexity index is 746. The summed E-state index contributed by atoms with van der Waals surface area (Å²) in [6.45, 7) is 3.67. The minimum absolute atomic E-state index is 0.358. The summed E-state index contributed by atoms with van der Waals surface area (Å²) in [4.78, 5) is 24.2. The number of carbonyl (C=O) groups excluding carboxylic acids is 2. The van der Waals surface area contributed by atoms with E-state index in [1.54, 1.807) is 12.1 Å². The smallest absolute Gasteiger partial charge is 0.338 e. The van der Waals surface area contributed by atoms with Gasteiger partial charge in [0.15, 0.2) is 6.61 Å². The number of amides is 1. The van der Waals surface area contributed by atoms with Crippen LogP contribution in [0, 0.1) is 0 Å². The zero-order valence-corrected chi connectivity index (χ0v) is 15.2. The van der Waals surface area contributed by atoms with Crippen molar-refractivity contribution in [2.24, 2.45) is 0 Å². The molecule has 0 aliphatic carbocycles. The van der Waals surface area contributed by atoms with Gasteiger partial charge in [-0.15, -0.1) is 0 Å². The number of halogens is 2. The van der Waals surface area contributed by atoms with Crippen LogP contribution in [0.25, 0.3) is 0 Å². The van der Waals surface area contributed by atoms with Gasteiger partial charge in [-0.05, 0) is 47.9 Å². The summed E-state index contributed by atoms with van der Waals surface area (Å²) in [5, 5.41) is 2.54. The zero-order valence-electron chi connectivity index (χ0n) is 14.4. The molecule has 0 unspecified atom stereocenters. The summed E-state index contributed by atoms with van der Waals surface area (Å²) < 4.78 is 29.5. The van der Waals surface area contributed by atoms with E-state index in [1.165, 1.54) is 24.3 Å². The molecule has 2 rings (SSSR count). The topological polar surface area (TPSA) is 55.4 Å². The van der Waals surface area contributed by atoms with Crippen LogP contribution in [0.2, 0.25) is 0 Å². The fourth-order valence-electron chi connectivity index (χ4n) is 2.14. The highest BCUT2D eigenvalue weighted by Gasteiger charge is 2.11. The SMILES string of the molecule is CC(C)c1ccc(C(=O)OCC(=O)Nc2ccc(SC(F)F)cc2)cc1. The Morgan fingerprint density at radius 3 is 2.19 bits per heavy atom. The Morgan fingerprint density at radius 2 is 1.65 bits per heavy atom. The van der Waals surface area contributed by atoms with Crippen LogP contribution in [0.4, 0.5) is 14.5 Å². The van der Waals surface area contributed by atoms with Crippen molar-refractivity contribution in [2.75, 3.05) is 11.9 Å². The van der Waals surface area contributed by atoms with Gasteiger partial charge < -0.3 is 10.1 Å². The van der Waals surface area contributed by atoms with Crippen LogP contribution in [-0.4, -0.2) is 24.2 Å². The van der Waals surface area contributed by atoms with Gasteiger partial charge in [0.2, 0.25) is 0 Å². The molecule has 0 atom stereocenters. The van der Waals surface area contributed by atoms with Gasteiger partial charge >= 0.3 is 5.97 Å². The van der Waals surface area contributed by atoms with E-state index in [0.29, 0.717) is 33.8 Å². The lowest BCUT2D eigenvalue weighted by molar-refractivity contribution is -0.119. The normalized spacial score (nSPS) is 10.8. The summed E-state index contributed by atoms with van der Waals surface area (Å²) in [6.07, 6.45) is 0. The monoisotopic (exact) mass is 379 g/mol. The molecular formula is C19H19F2NO3S. The molecule has 0 aromatic heterocycles. The molecular weight excluding hydrogens is 360 g/mol. The molecule has 2 aromatic rings. The van der Waals surface area contributed by atoms with E-state index in [4.69, 9.17) is 4.74 Å². The van der Waals surface area contributed by atoms with Crippen LogP contribution >= 0.6 is 11.8 Å². The molecule has 26 heavy (non-hydrogen) atoms. The first-order valence-corrected chi connectivity index (χ1v) is 8.85. The van der Waals surface area contributed by atoms with E-state index in [1.807, 2.05) is 12.1 Å². The molecule has 1 amide bonds. The highest BCUT2D eigenvalue weighted by Crippen LogP contribution is 2.26. The van der Waals surface area contributed by atoms with Crippen LogP contribution in [0.15, 0.2) is 53.4 Å². The van der Waals surface area contributed by atoms with Crippen molar-refractivity contribution in [3.05, 3.63) is 59.7 Å². The average molecular weight is 379 g/mol. The van der Waals surface area contributed by atoms with Gasteiger partial charge in [0.1, 0.15) is 0 Å². The third kappa shape index (κ3) is 6.15. The first-order valence-electron chi connectivity index (χ1n) is 7.97. The maximum atomic E-state index is 12.3. The number of benzene rings is 2. The van der Waals surface area contributed by atoms with E-state index in [0.717, 1.165) is 5.56 Å². The third-order valence-electron chi connectivity index (χ3n) is 3.51. The van der Waals surface area contributed by atoms with E-state index in [2.05, 4.69) is 19.2 Å². The highest BCUT2D eigenvalue weighted by molar-refractivity contribution is 7.99. The zero-order chi connectivity index (χ0) is 19.1. The summed E-state index contributed by atoms with van der Waals surface area (Å²) in [5.41, 5.74) is 1.91. The molecule has 4 nitrogen and oxygen atoms in total. The highest BCUT2D eigenvalue weighted by atomic mass is 32.2. The number of nitrogens with one attached hydrogen (secondary N) is 1. The lowest BCUT2D eigenvalue weighted by atomic mass is 10.0. The van der Waals surface area contributed by atoms with Gasteiger partial charge in [0, 0.05) is 10.6 Å². The molecule has 138 valence electrons. The number of hydrogen-bond donors (Lipinski definition) is 1. The number of rotatable bonds is 7. The van der Waals surface area contributed by atoms with Crippen LogP contribution in [0.5, 0.6) is 0 Å². The van der Waals surface area contributed by atoms with Crippen LogP contribution in [-0.2, 0) is 9.53 Å². The average Bonchev–Trinajstić information content (AvgIpc) is 2.61. The molecule has 0 heterocycles. The van der Waals surface area contributed by atoms with Crippen molar-refractivity contribution in [3.63, 3.8) is 0 Å². The molecule has 0 saturated carbocycles. The van der Waals surface area contributed by atoms with E-state index < -0.39 is 24.2 Å². The van der Waals surface area contributed by atoms with Crippen molar-refractivity contribution in [1.29, 1.82) is 0 Å². The third-order valence-corrected chi connectivity index (χ3v) is 4.23. The molecule has 7 heteroatoms. The maximum Gasteiger partial charge on any atom is 0.338 e. The molecule has 0 aliphatic heterocycles. The van der Waals surface area contributed by atoms with Crippen LogP contribution in [0.3, 0.4) is 0 Å². The van der Waals surface area contributed by atoms with Gasteiger partial charge in [0.25, 0.3) is 11.7 Å². The molecule has 0 bridgehead atoms. The van der Waals surface area contributed by atoms with Gasteiger partial charge in [0.05, 0.1) is 5.56 Å². The second-order valence-corrected chi connectivity index (χ2v) is 6.87. The van der Waals surface area contributed by atoms with Gasteiger partial charge in [-0.25, -0.2) is 4.79 Å². The Hall–Kier alpha value is -2.41. The van der Waals surface area contributed by atoms with E-state index in [-0.39, 0.29) is 0 Å². The van der Waals surface area contributed by atoms with Crippen molar-refractivity contribution in [1.82, 2.24) is 0 Å². The fourth-order valence-corrected chi connectivity index (χ4v) is 2.63. The predicted molar refractivity (Wildman–Crippen MR) is 97.7 cm³/mol. The number of alkyl halides is 2. The second kappa shape index (κ2) is 9.33. The number of esters is 1. The largest absolute Gasteiger partial charge is 0.452 e. The lowest BCUT2D eigenvalue weighted by Crippen LogP contribution is -2.20. The molecule has 0 spiro atoms. The van der Waals surface area contributed by atoms with Crippen LogP contribution < -0.4 is 5.32 Å². The van der Waals surface area contributed by atoms with Crippen molar-refractivity contribution in [2.45, 2.75) is 30.4 Å². The number of hydrogen-bond acceptors (Lipinski definition) is 4. The van der Waals surface area contributed by atoms with Gasteiger partial charge in [-0.3, -0.25) is 4.79 Å².